The van der Waals surface area contributed by atoms with Crippen LogP contribution < -0.4 is 5.32 Å². The van der Waals surface area contributed by atoms with E-state index in [2.05, 4.69) is 22.2 Å². The monoisotopic (exact) mass is 151 g/mol. The highest BCUT2D eigenvalue weighted by Crippen LogP contribution is 1.95. The Morgan fingerprint density at radius 2 is 2.00 bits per heavy atom. The van der Waals surface area contributed by atoms with E-state index in [1.807, 2.05) is 19.4 Å². The molecule has 1 aromatic rings. The first-order valence-corrected chi connectivity index (χ1v) is 3.81. The van der Waals surface area contributed by atoms with E-state index in [-0.39, 0.29) is 0 Å². The molecule has 3 nitrogen and oxygen atoms in total. The first kappa shape index (κ1) is 8.14. The van der Waals surface area contributed by atoms with Crippen LogP contribution in [0, 0.1) is 0 Å². The fourth-order valence-corrected chi connectivity index (χ4v) is 0.813. The van der Waals surface area contributed by atoms with Crippen molar-refractivity contribution in [2.75, 3.05) is 7.05 Å². The smallest absolute Gasteiger partial charge is 0.141 e. The molecule has 1 aromatic heterocycles. The minimum absolute atomic E-state index is 0.740. The van der Waals surface area contributed by atoms with Crippen molar-refractivity contribution in [3.05, 3.63) is 23.8 Å². The van der Waals surface area contributed by atoms with Crippen LogP contribution in [0.4, 0.5) is 0 Å². The lowest BCUT2D eigenvalue weighted by atomic mass is 10.3. The summed E-state index contributed by atoms with van der Waals surface area (Å²) in [6, 6.07) is 0. The van der Waals surface area contributed by atoms with Crippen LogP contribution in [0.15, 0.2) is 12.4 Å². The molecular weight excluding hydrogens is 138 g/mol. The molecule has 0 amide bonds. The highest BCUT2D eigenvalue weighted by Gasteiger charge is 1.93. The molecule has 0 fully saturated rings. The van der Waals surface area contributed by atoms with E-state index in [0.29, 0.717) is 0 Å². The largest absolute Gasteiger partial charge is 0.313 e. The summed E-state index contributed by atoms with van der Waals surface area (Å²) in [6.45, 7) is 2.83. The minimum Gasteiger partial charge on any atom is -0.313 e. The first-order chi connectivity index (χ1) is 5.36. The predicted molar refractivity (Wildman–Crippen MR) is 44.2 cm³/mol. The third kappa shape index (κ3) is 2.27. The molecule has 0 aromatic carbocycles. The van der Waals surface area contributed by atoms with Gasteiger partial charge in [-0.1, -0.05) is 6.92 Å². The zero-order valence-corrected chi connectivity index (χ0v) is 6.96. The summed E-state index contributed by atoms with van der Waals surface area (Å²) in [5, 5.41) is 3.00. The van der Waals surface area contributed by atoms with Crippen molar-refractivity contribution < 1.29 is 0 Å². The summed E-state index contributed by atoms with van der Waals surface area (Å²) in [6.07, 6.45) is 4.75. The van der Waals surface area contributed by atoms with Crippen LogP contribution in [0.3, 0.4) is 0 Å². The first-order valence-electron chi connectivity index (χ1n) is 3.81. The lowest BCUT2D eigenvalue weighted by Crippen LogP contribution is -2.08. The second-order valence-corrected chi connectivity index (χ2v) is 2.39. The van der Waals surface area contributed by atoms with Gasteiger partial charge >= 0.3 is 0 Å². The van der Waals surface area contributed by atoms with E-state index in [4.69, 9.17) is 0 Å². The van der Waals surface area contributed by atoms with Gasteiger partial charge in [0.1, 0.15) is 5.82 Å². The summed E-state index contributed by atoms with van der Waals surface area (Å²) in [7, 11) is 1.89. The molecule has 1 heterocycles. The molecule has 1 N–H and O–H groups in total. The molecule has 0 atom stereocenters. The maximum Gasteiger partial charge on any atom is 0.141 e. The Hall–Kier alpha value is -0.960. The Bertz CT molecular complexity index is 205. The Balaban J connectivity index is 2.66. The van der Waals surface area contributed by atoms with Crippen LogP contribution in [-0.2, 0) is 13.0 Å². The molecule has 0 aliphatic heterocycles. The fraction of sp³-hybridized carbons (Fsp3) is 0.500. The van der Waals surface area contributed by atoms with Gasteiger partial charge in [-0.15, -0.1) is 0 Å². The summed E-state index contributed by atoms with van der Waals surface area (Å²) in [5.74, 6) is 0.852. The van der Waals surface area contributed by atoms with Crippen molar-refractivity contribution in [1.29, 1.82) is 0 Å². The summed E-state index contributed by atoms with van der Waals surface area (Å²) in [5.41, 5.74) is 1.19. The highest BCUT2D eigenvalue weighted by atomic mass is 14.9. The van der Waals surface area contributed by atoms with Crippen LogP contribution in [0.25, 0.3) is 0 Å². The number of aryl methyl sites for hydroxylation is 1. The van der Waals surface area contributed by atoms with Crippen LogP contribution in [0.2, 0.25) is 0 Å². The second kappa shape index (κ2) is 4.03. The molecule has 0 spiro atoms. The van der Waals surface area contributed by atoms with Gasteiger partial charge in [0, 0.05) is 12.4 Å². The molecule has 0 aliphatic carbocycles. The van der Waals surface area contributed by atoms with Crippen molar-refractivity contribution in [2.24, 2.45) is 0 Å². The van der Waals surface area contributed by atoms with E-state index in [1.165, 1.54) is 5.56 Å². The molecule has 0 aliphatic rings. The standard InChI is InChI=1S/C8H13N3/c1-3-7-4-10-8(6-9-2)11-5-7/h4-5,9H,3,6H2,1-2H3. The normalized spacial score (nSPS) is 10.0. The zero-order chi connectivity index (χ0) is 8.10. The van der Waals surface area contributed by atoms with Gasteiger partial charge in [-0.2, -0.15) is 0 Å². The van der Waals surface area contributed by atoms with Crippen LogP contribution in [0.5, 0.6) is 0 Å². The molecule has 0 radical (unpaired) electrons. The summed E-state index contributed by atoms with van der Waals surface area (Å²) < 4.78 is 0. The van der Waals surface area contributed by atoms with E-state index < -0.39 is 0 Å². The van der Waals surface area contributed by atoms with Crippen molar-refractivity contribution >= 4 is 0 Å². The number of hydrogen-bond acceptors (Lipinski definition) is 3. The van der Waals surface area contributed by atoms with Gasteiger partial charge in [0.15, 0.2) is 0 Å². The Labute approximate surface area is 66.9 Å². The predicted octanol–water partition coefficient (Wildman–Crippen LogP) is 0.758. The molecule has 60 valence electrons. The number of nitrogens with one attached hydrogen (secondary N) is 1. The molecule has 0 saturated carbocycles. The second-order valence-electron chi connectivity index (χ2n) is 2.39. The minimum atomic E-state index is 0.740. The highest BCUT2D eigenvalue weighted by molar-refractivity contribution is 5.04. The molecule has 1 rings (SSSR count). The molecular formula is C8H13N3. The number of aromatic nitrogens is 2. The van der Waals surface area contributed by atoms with Gasteiger partial charge in [-0.3, -0.25) is 0 Å². The molecule has 0 saturated heterocycles. The SMILES string of the molecule is CCc1cnc(CNC)nc1. The summed E-state index contributed by atoms with van der Waals surface area (Å²) >= 11 is 0. The van der Waals surface area contributed by atoms with Crippen molar-refractivity contribution in [1.82, 2.24) is 15.3 Å². The summed E-state index contributed by atoms with van der Waals surface area (Å²) in [4.78, 5) is 8.33. The average molecular weight is 151 g/mol. The van der Waals surface area contributed by atoms with E-state index in [0.717, 1.165) is 18.8 Å². The molecule has 3 heteroatoms. The third-order valence-corrected chi connectivity index (χ3v) is 1.50. The lowest BCUT2D eigenvalue weighted by molar-refractivity contribution is 0.754. The quantitative estimate of drug-likeness (QED) is 0.693. The topological polar surface area (TPSA) is 37.8 Å². The number of hydrogen-bond donors (Lipinski definition) is 1. The van der Waals surface area contributed by atoms with Gasteiger partial charge in [-0.25, -0.2) is 9.97 Å². The maximum atomic E-state index is 4.17. The number of rotatable bonds is 3. The molecule has 0 bridgehead atoms. The molecule has 0 unspecified atom stereocenters. The van der Waals surface area contributed by atoms with Gasteiger partial charge in [0.2, 0.25) is 0 Å². The van der Waals surface area contributed by atoms with Crippen LogP contribution in [0.1, 0.15) is 18.3 Å². The third-order valence-electron chi connectivity index (χ3n) is 1.50. The van der Waals surface area contributed by atoms with Gasteiger partial charge < -0.3 is 5.32 Å². The van der Waals surface area contributed by atoms with Crippen LogP contribution >= 0.6 is 0 Å². The van der Waals surface area contributed by atoms with Gasteiger partial charge in [-0.05, 0) is 19.0 Å². The molecule has 11 heavy (non-hydrogen) atoms. The average Bonchev–Trinajstić information content (AvgIpc) is 2.07. The van der Waals surface area contributed by atoms with E-state index >= 15 is 0 Å². The Morgan fingerprint density at radius 3 is 2.45 bits per heavy atom. The lowest BCUT2D eigenvalue weighted by Gasteiger charge is -1.98. The maximum absolute atomic E-state index is 4.17. The zero-order valence-electron chi connectivity index (χ0n) is 6.96. The van der Waals surface area contributed by atoms with Crippen molar-refractivity contribution in [2.45, 2.75) is 19.9 Å². The van der Waals surface area contributed by atoms with E-state index in [1.54, 1.807) is 0 Å². The number of nitrogens with zero attached hydrogens (tertiary/aromatic N) is 2. The fourth-order valence-electron chi connectivity index (χ4n) is 0.813. The van der Waals surface area contributed by atoms with Crippen molar-refractivity contribution in [3.8, 4) is 0 Å². The van der Waals surface area contributed by atoms with Gasteiger partial charge in [0.05, 0.1) is 6.54 Å². The van der Waals surface area contributed by atoms with E-state index in [9.17, 15) is 0 Å². The van der Waals surface area contributed by atoms with Gasteiger partial charge in [0.25, 0.3) is 0 Å². The Morgan fingerprint density at radius 1 is 1.36 bits per heavy atom. The van der Waals surface area contributed by atoms with Crippen molar-refractivity contribution in [3.63, 3.8) is 0 Å². The Kier molecular flexibility index (Phi) is 2.98. The van der Waals surface area contributed by atoms with Crippen LogP contribution in [-0.4, -0.2) is 17.0 Å².